The molecule has 10 heteroatoms. The number of methoxy groups -OCH3 is 1. The van der Waals surface area contributed by atoms with Crippen LogP contribution in [0.3, 0.4) is 0 Å². The Morgan fingerprint density at radius 1 is 0.974 bits per heavy atom. The number of unbranched alkanes of at least 4 members (excludes halogenated alkanes) is 1. The first kappa shape index (κ1) is 31.6. The summed E-state index contributed by atoms with van der Waals surface area (Å²) in [6.07, 6.45) is 0.0661. The summed E-state index contributed by atoms with van der Waals surface area (Å²) in [6, 6.07) is 9.98. The highest BCUT2D eigenvalue weighted by Gasteiger charge is 2.42. The lowest BCUT2D eigenvalue weighted by atomic mass is 10.0. The van der Waals surface area contributed by atoms with Gasteiger partial charge in [-0.15, -0.1) is 5.01 Å². The minimum atomic E-state index is -1.84. The van der Waals surface area contributed by atoms with Gasteiger partial charge in [-0.3, -0.25) is 9.59 Å². The molecule has 2 rings (SSSR count). The molecule has 0 aliphatic rings. The first-order chi connectivity index (χ1) is 18.2. The molecule has 2 aromatic rings. The molecule has 0 heterocycles. The minimum Gasteiger partial charge on any atom is -0.496 e. The second-order valence-electron chi connectivity index (χ2n) is 10.1. The van der Waals surface area contributed by atoms with Crippen molar-refractivity contribution in [2.24, 2.45) is 0 Å². The van der Waals surface area contributed by atoms with E-state index >= 15 is 0 Å². The summed E-state index contributed by atoms with van der Waals surface area (Å²) in [7, 11) is 1.45. The highest BCUT2D eigenvalue weighted by molar-refractivity contribution is 6.29. The van der Waals surface area contributed by atoms with Gasteiger partial charge < -0.3 is 14.2 Å². The van der Waals surface area contributed by atoms with Gasteiger partial charge in [0.25, 0.3) is 17.4 Å². The Morgan fingerprint density at radius 3 is 2.13 bits per heavy atom. The fraction of sp³-hybridized carbons (Fsp3) is 0.448. The van der Waals surface area contributed by atoms with E-state index in [-0.39, 0.29) is 17.7 Å². The summed E-state index contributed by atoms with van der Waals surface area (Å²) in [6.45, 7) is 12.3. The first-order valence-corrected chi connectivity index (χ1v) is 13.1. The zero-order chi connectivity index (χ0) is 29.5. The molecule has 1 atom stereocenters. The van der Waals surface area contributed by atoms with E-state index in [4.69, 9.17) is 25.8 Å². The monoisotopic (exact) mass is 560 g/mol. The number of benzene rings is 2. The van der Waals surface area contributed by atoms with Crippen molar-refractivity contribution in [1.29, 1.82) is 0 Å². The van der Waals surface area contributed by atoms with Crippen LogP contribution >= 0.6 is 11.6 Å². The molecule has 1 unspecified atom stereocenters. The summed E-state index contributed by atoms with van der Waals surface area (Å²) in [5, 5.41) is 1.59. The van der Waals surface area contributed by atoms with Gasteiger partial charge in [0, 0.05) is 16.7 Å². The lowest BCUT2D eigenvalue weighted by Crippen LogP contribution is -2.60. The summed E-state index contributed by atoms with van der Waals surface area (Å²) < 4.78 is 15.6. The van der Waals surface area contributed by atoms with Crippen LogP contribution in [0, 0.1) is 20.8 Å². The molecular formula is C29H37ClN2O7. The number of rotatable bonds is 8. The predicted octanol–water partition coefficient (Wildman–Crippen LogP) is 5.96. The van der Waals surface area contributed by atoms with Gasteiger partial charge >= 0.3 is 12.1 Å². The molecule has 0 radical (unpaired) electrons. The van der Waals surface area contributed by atoms with Crippen LogP contribution in [0.25, 0.3) is 0 Å². The predicted molar refractivity (Wildman–Crippen MR) is 148 cm³/mol. The zero-order valence-electron chi connectivity index (χ0n) is 23.8. The minimum absolute atomic E-state index is 0.0883. The van der Waals surface area contributed by atoms with Gasteiger partial charge in [-0.2, -0.15) is 0 Å². The molecule has 0 spiro atoms. The number of aryl methyl sites for hydroxylation is 2. The lowest BCUT2D eigenvalue weighted by molar-refractivity contribution is -0.150. The molecule has 0 aromatic heterocycles. The van der Waals surface area contributed by atoms with E-state index in [9.17, 15) is 19.2 Å². The number of carbonyl (C=O) groups is 4. The summed E-state index contributed by atoms with van der Waals surface area (Å²) in [4.78, 5) is 53.9. The van der Waals surface area contributed by atoms with E-state index in [0.717, 1.165) is 22.6 Å². The Kier molecular flexibility index (Phi) is 10.9. The van der Waals surface area contributed by atoms with Crippen molar-refractivity contribution in [3.63, 3.8) is 0 Å². The van der Waals surface area contributed by atoms with Gasteiger partial charge in [-0.1, -0.05) is 48.2 Å². The number of ether oxygens (including phenoxy) is 3. The number of carbonyl (C=O) groups excluding carboxylic acids is 4. The number of nitrogens with zero attached hydrogens (tertiary/aromatic N) is 2. The van der Waals surface area contributed by atoms with Gasteiger partial charge in [0.05, 0.1) is 19.3 Å². The normalized spacial score (nSPS) is 11.8. The molecule has 0 N–H and O–H groups in total. The number of hydrazine groups is 1. The number of halogens is 1. The molecule has 2 aromatic carbocycles. The third-order valence-corrected chi connectivity index (χ3v) is 6.00. The standard InChI is InChI=1S/C29H37ClN2O7/c1-9-10-14-38-27(35)24(30)39-28(36)31(26(34)22-12-11-13-23(37-8)20(22)4)32(29(5,6)7)25(33)21-16-18(2)15-19(3)17-21/h11-13,15-17,24H,9-10,14H2,1-8H3. The van der Waals surface area contributed by atoms with Gasteiger partial charge in [-0.25, -0.2) is 14.6 Å². The van der Waals surface area contributed by atoms with E-state index in [1.54, 1.807) is 52.0 Å². The van der Waals surface area contributed by atoms with Crippen molar-refractivity contribution in [3.8, 4) is 5.75 Å². The molecular weight excluding hydrogens is 524 g/mol. The van der Waals surface area contributed by atoms with Crippen LogP contribution in [-0.4, -0.2) is 58.7 Å². The van der Waals surface area contributed by atoms with Gasteiger partial charge in [-0.05, 0) is 72.2 Å². The fourth-order valence-electron chi connectivity index (χ4n) is 3.92. The molecule has 0 bridgehead atoms. The van der Waals surface area contributed by atoms with Crippen molar-refractivity contribution in [2.45, 2.75) is 72.4 Å². The largest absolute Gasteiger partial charge is 0.496 e. The summed E-state index contributed by atoms with van der Waals surface area (Å²) >= 11 is 6.06. The average molecular weight is 561 g/mol. The van der Waals surface area contributed by atoms with Crippen LogP contribution in [0.1, 0.15) is 77.9 Å². The van der Waals surface area contributed by atoms with Crippen molar-refractivity contribution < 1.29 is 33.4 Å². The van der Waals surface area contributed by atoms with E-state index in [1.165, 1.54) is 13.2 Å². The topological polar surface area (TPSA) is 102 Å². The third-order valence-electron chi connectivity index (χ3n) is 5.73. The molecule has 212 valence electrons. The molecule has 0 fully saturated rings. The molecule has 0 saturated heterocycles. The van der Waals surface area contributed by atoms with Crippen molar-refractivity contribution in [3.05, 3.63) is 64.2 Å². The molecule has 0 saturated carbocycles. The summed E-state index contributed by atoms with van der Waals surface area (Å²) in [5.41, 5.74) is -0.494. The maximum Gasteiger partial charge on any atom is 0.438 e. The van der Waals surface area contributed by atoms with Crippen LogP contribution in [0.15, 0.2) is 36.4 Å². The van der Waals surface area contributed by atoms with E-state index in [0.29, 0.717) is 22.7 Å². The van der Waals surface area contributed by atoms with Gasteiger partial charge in [0.15, 0.2) is 0 Å². The lowest BCUT2D eigenvalue weighted by Gasteiger charge is -2.41. The van der Waals surface area contributed by atoms with Crippen LogP contribution in [0.5, 0.6) is 5.75 Å². The van der Waals surface area contributed by atoms with E-state index in [1.807, 2.05) is 26.8 Å². The Labute approximate surface area is 234 Å². The maximum atomic E-state index is 14.0. The second kappa shape index (κ2) is 13.5. The van der Waals surface area contributed by atoms with Gasteiger partial charge in [0.2, 0.25) is 0 Å². The fourth-order valence-corrected chi connectivity index (χ4v) is 4.06. The Hall–Kier alpha value is -3.59. The highest BCUT2D eigenvalue weighted by Crippen LogP contribution is 2.28. The van der Waals surface area contributed by atoms with Crippen molar-refractivity contribution in [1.82, 2.24) is 10.0 Å². The van der Waals surface area contributed by atoms with Crippen molar-refractivity contribution >= 4 is 35.5 Å². The number of hydrogen-bond donors (Lipinski definition) is 0. The molecule has 0 aliphatic heterocycles. The third kappa shape index (κ3) is 7.95. The Balaban J connectivity index is 2.63. The van der Waals surface area contributed by atoms with Crippen molar-refractivity contribution in [2.75, 3.05) is 13.7 Å². The van der Waals surface area contributed by atoms with E-state index in [2.05, 4.69) is 0 Å². The molecule has 9 nitrogen and oxygen atoms in total. The number of imide groups is 1. The zero-order valence-corrected chi connectivity index (χ0v) is 24.5. The van der Waals surface area contributed by atoms with E-state index < -0.39 is 35.0 Å². The number of alkyl halides is 1. The highest BCUT2D eigenvalue weighted by atomic mass is 35.5. The SMILES string of the molecule is CCCCOC(=O)C(Cl)OC(=O)N(C(=O)c1cccc(OC)c1C)N(C(=O)c1cc(C)cc(C)c1)C(C)(C)C. The number of esters is 1. The maximum absolute atomic E-state index is 14.0. The average Bonchev–Trinajstić information content (AvgIpc) is 2.85. The van der Waals surface area contributed by atoms with Crippen LogP contribution < -0.4 is 4.74 Å². The smallest absolute Gasteiger partial charge is 0.438 e. The first-order valence-electron chi connectivity index (χ1n) is 12.6. The van der Waals surface area contributed by atoms with Gasteiger partial charge in [0.1, 0.15) is 5.75 Å². The number of amides is 3. The summed E-state index contributed by atoms with van der Waals surface area (Å²) in [5.74, 6) is -2.07. The van der Waals surface area contributed by atoms with Crippen LogP contribution in [-0.2, 0) is 14.3 Å². The quantitative estimate of drug-likeness (QED) is 0.170. The van der Waals surface area contributed by atoms with Crippen LogP contribution in [0.2, 0.25) is 0 Å². The Morgan fingerprint density at radius 2 is 1.59 bits per heavy atom. The molecule has 3 amide bonds. The van der Waals surface area contributed by atoms with Crippen LogP contribution in [0.4, 0.5) is 4.79 Å². The molecule has 0 aliphatic carbocycles. The Bertz CT molecular complexity index is 1200. The molecule has 39 heavy (non-hydrogen) atoms. The number of hydrogen-bond acceptors (Lipinski definition) is 7. The second-order valence-corrected chi connectivity index (χ2v) is 10.5.